The summed E-state index contributed by atoms with van der Waals surface area (Å²) >= 11 is 0. The van der Waals surface area contributed by atoms with Crippen molar-refractivity contribution < 1.29 is 14.2 Å². The van der Waals surface area contributed by atoms with Crippen LogP contribution < -0.4 is 15.0 Å². The molecule has 0 atom stereocenters. The number of fused-ring (bicyclic) bond motifs is 1. The van der Waals surface area contributed by atoms with Crippen LogP contribution in [0.4, 0.5) is 0 Å². The normalized spacial score (nSPS) is 10.8. The fourth-order valence-corrected chi connectivity index (χ4v) is 1.48. The van der Waals surface area contributed by atoms with Crippen LogP contribution >= 0.6 is 0 Å². The zero-order chi connectivity index (χ0) is 13.0. The Morgan fingerprint density at radius 2 is 2.17 bits per heavy atom. The van der Waals surface area contributed by atoms with Crippen molar-refractivity contribution in [3.63, 3.8) is 0 Å². The van der Waals surface area contributed by atoms with Crippen LogP contribution in [-0.2, 0) is 4.74 Å². The molecule has 2 rings (SSSR count). The smallest absolute Gasteiger partial charge is 0.276 e. The zero-order valence-corrected chi connectivity index (χ0v) is 10.3. The molecular weight excluding hydrogens is 238 g/mol. The summed E-state index contributed by atoms with van der Waals surface area (Å²) in [4.78, 5) is 15.9. The van der Waals surface area contributed by atoms with Gasteiger partial charge in [0.25, 0.3) is 5.56 Å². The monoisotopic (exact) mass is 253 g/mol. The van der Waals surface area contributed by atoms with E-state index in [9.17, 15) is 4.79 Å². The van der Waals surface area contributed by atoms with Crippen molar-refractivity contribution in [2.45, 2.75) is 6.92 Å². The minimum absolute atomic E-state index is 0.245. The fourth-order valence-electron chi connectivity index (χ4n) is 1.48. The number of H-pyrrole nitrogens is 1. The lowest BCUT2D eigenvalue weighted by molar-refractivity contribution is 0.143. The van der Waals surface area contributed by atoms with Gasteiger partial charge in [0.05, 0.1) is 19.3 Å². The van der Waals surface area contributed by atoms with Gasteiger partial charge in [-0.15, -0.1) is 0 Å². The van der Waals surface area contributed by atoms with Crippen LogP contribution in [0.2, 0.25) is 0 Å². The molecule has 7 nitrogen and oxygen atoms in total. The molecule has 2 aromatic heterocycles. The number of nitrogens with zero attached hydrogens (tertiary/aromatic N) is 2. The summed E-state index contributed by atoms with van der Waals surface area (Å²) in [7, 11) is 1.59. The molecule has 18 heavy (non-hydrogen) atoms. The Labute approximate surface area is 103 Å². The summed E-state index contributed by atoms with van der Waals surface area (Å²) in [5, 5.41) is 2.80. The van der Waals surface area contributed by atoms with Crippen LogP contribution in [0.3, 0.4) is 0 Å². The minimum atomic E-state index is -0.245. The maximum absolute atomic E-state index is 11.7. The van der Waals surface area contributed by atoms with Gasteiger partial charge >= 0.3 is 0 Å². The van der Waals surface area contributed by atoms with Crippen molar-refractivity contribution in [3.05, 3.63) is 22.5 Å². The van der Waals surface area contributed by atoms with Gasteiger partial charge in [-0.2, -0.15) is 9.50 Å². The maximum Gasteiger partial charge on any atom is 0.276 e. The summed E-state index contributed by atoms with van der Waals surface area (Å²) in [6.45, 7) is 3.17. The Morgan fingerprint density at radius 3 is 2.89 bits per heavy atom. The molecule has 0 aliphatic heterocycles. The molecule has 0 fully saturated rings. The molecule has 0 unspecified atom stereocenters. The molecule has 0 amide bonds. The largest absolute Gasteiger partial charge is 0.478 e. The van der Waals surface area contributed by atoms with E-state index in [1.807, 2.05) is 6.92 Å². The molecule has 0 spiro atoms. The number of aromatic amines is 1. The maximum atomic E-state index is 11.7. The number of hydrogen-bond donors (Lipinski definition) is 1. The van der Waals surface area contributed by atoms with Crippen LogP contribution in [0.25, 0.3) is 5.65 Å². The van der Waals surface area contributed by atoms with Crippen LogP contribution in [0.15, 0.2) is 16.9 Å². The lowest BCUT2D eigenvalue weighted by atomic mass is 10.5. The molecule has 98 valence electrons. The molecule has 7 heteroatoms. The molecule has 2 heterocycles. The second-order valence-electron chi connectivity index (χ2n) is 3.52. The van der Waals surface area contributed by atoms with Gasteiger partial charge in [0, 0.05) is 13.2 Å². The minimum Gasteiger partial charge on any atom is -0.478 e. The van der Waals surface area contributed by atoms with Crippen molar-refractivity contribution in [1.82, 2.24) is 14.6 Å². The highest BCUT2D eigenvalue weighted by molar-refractivity contribution is 5.43. The van der Waals surface area contributed by atoms with Gasteiger partial charge < -0.3 is 14.2 Å². The van der Waals surface area contributed by atoms with Gasteiger partial charge in [0.15, 0.2) is 5.65 Å². The number of hydrogen-bond acceptors (Lipinski definition) is 5. The average Bonchev–Trinajstić information content (AvgIpc) is 2.73. The van der Waals surface area contributed by atoms with Crippen LogP contribution in [-0.4, -0.2) is 41.5 Å². The Kier molecular flexibility index (Phi) is 3.83. The molecule has 0 aromatic carbocycles. The van der Waals surface area contributed by atoms with Crippen molar-refractivity contribution in [2.24, 2.45) is 0 Å². The molecule has 0 aliphatic rings. The van der Waals surface area contributed by atoms with Gasteiger partial charge in [-0.3, -0.25) is 9.89 Å². The summed E-state index contributed by atoms with van der Waals surface area (Å²) < 4.78 is 16.7. The average molecular weight is 253 g/mol. The molecule has 0 aliphatic carbocycles. The summed E-state index contributed by atoms with van der Waals surface area (Å²) in [5.74, 6) is 0.773. The van der Waals surface area contributed by atoms with E-state index in [4.69, 9.17) is 14.2 Å². The lowest BCUT2D eigenvalue weighted by Gasteiger charge is -2.01. The van der Waals surface area contributed by atoms with Crippen molar-refractivity contribution in [2.75, 3.05) is 26.9 Å². The quantitative estimate of drug-likeness (QED) is 0.756. The number of ether oxygens (including phenoxy) is 3. The first-order chi connectivity index (χ1) is 8.74. The van der Waals surface area contributed by atoms with E-state index < -0.39 is 0 Å². The highest BCUT2D eigenvalue weighted by atomic mass is 16.5. The van der Waals surface area contributed by atoms with Gasteiger partial charge in [-0.1, -0.05) is 0 Å². The second-order valence-corrected chi connectivity index (χ2v) is 3.52. The molecule has 0 saturated carbocycles. The van der Waals surface area contributed by atoms with E-state index in [2.05, 4.69) is 10.1 Å². The number of methoxy groups -OCH3 is 1. The van der Waals surface area contributed by atoms with Gasteiger partial charge in [-0.25, -0.2) is 0 Å². The van der Waals surface area contributed by atoms with Gasteiger partial charge in [-0.05, 0) is 6.92 Å². The van der Waals surface area contributed by atoms with Crippen molar-refractivity contribution >= 4 is 5.65 Å². The van der Waals surface area contributed by atoms with Crippen molar-refractivity contribution in [3.8, 4) is 11.8 Å². The third-order valence-corrected chi connectivity index (χ3v) is 2.24. The third-order valence-electron chi connectivity index (χ3n) is 2.24. The Bertz CT molecular complexity index is 575. The first-order valence-corrected chi connectivity index (χ1v) is 5.62. The predicted molar refractivity (Wildman–Crippen MR) is 64.4 cm³/mol. The van der Waals surface area contributed by atoms with Crippen LogP contribution in [0.5, 0.6) is 11.8 Å². The van der Waals surface area contributed by atoms with E-state index in [1.165, 1.54) is 10.6 Å². The summed E-state index contributed by atoms with van der Waals surface area (Å²) in [5.41, 5.74) is 0.211. The third kappa shape index (κ3) is 2.62. The highest BCUT2D eigenvalue weighted by Crippen LogP contribution is 2.12. The number of rotatable bonds is 6. The van der Waals surface area contributed by atoms with E-state index in [-0.39, 0.29) is 5.56 Å². The Hall–Kier alpha value is -2.02. The number of aromatic nitrogens is 3. The molecule has 1 N–H and O–H groups in total. The topological polar surface area (TPSA) is 77.9 Å². The standard InChI is InChI=1S/C11H15N3O4/c1-3-17-9-7-11(15)14-8(12-9)6-10(13-14)18-5-4-16-2/h6-7,13H,3-5H2,1-2H3. The molecule has 0 radical (unpaired) electrons. The molecule has 0 bridgehead atoms. The van der Waals surface area contributed by atoms with E-state index in [0.717, 1.165) is 0 Å². The fraction of sp³-hybridized carbons (Fsp3) is 0.455. The lowest BCUT2D eigenvalue weighted by Crippen LogP contribution is -2.15. The van der Waals surface area contributed by atoms with E-state index in [0.29, 0.717) is 37.2 Å². The van der Waals surface area contributed by atoms with E-state index in [1.54, 1.807) is 13.2 Å². The molecule has 0 saturated heterocycles. The van der Waals surface area contributed by atoms with Gasteiger partial charge in [0.2, 0.25) is 11.8 Å². The Balaban J connectivity index is 2.26. The summed E-state index contributed by atoms with van der Waals surface area (Å²) in [6, 6.07) is 2.96. The first-order valence-electron chi connectivity index (χ1n) is 5.62. The van der Waals surface area contributed by atoms with Gasteiger partial charge in [0.1, 0.15) is 6.61 Å². The zero-order valence-electron chi connectivity index (χ0n) is 10.3. The SMILES string of the molecule is CCOc1cc(=O)n2[nH]c(OCCOC)cc2n1. The molecular formula is C11H15N3O4. The second kappa shape index (κ2) is 5.54. The number of nitrogens with one attached hydrogen (secondary N) is 1. The first kappa shape index (κ1) is 12.4. The molecule has 2 aromatic rings. The Morgan fingerprint density at radius 1 is 1.33 bits per heavy atom. The van der Waals surface area contributed by atoms with Crippen molar-refractivity contribution in [1.29, 1.82) is 0 Å². The highest BCUT2D eigenvalue weighted by Gasteiger charge is 2.07. The van der Waals surface area contributed by atoms with Crippen LogP contribution in [0.1, 0.15) is 6.92 Å². The van der Waals surface area contributed by atoms with E-state index >= 15 is 0 Å². The summed E-state index contributed by atoms with van der Waals surface area (Å²) in [6.07, 6.45) is 0. The predicted octanol–water partition coefficient (Wildman–Crippen LogP) is 0.446. The van der Waals surface area contributed by atoms with Crippen LogP contribution in [0, 0.1) is 0 Å².